The Morgan fingerprint density at radius 2 is 1.52 bits per heavy atom. The van der Waals surface area contributed by atoms with Crippen LogP contribution in [0.25, 0.3) is 0 Å². The van der Waals surface area contributed by atoms with Gasteiger partial charge in [-0.15, -0.1) is 0 Å². The number of rotatable bonds is 12. The van der Waals surface area contributed by atoms with Crippen molar-refractivity contribution in [2.75, 3.05) is 13.7 Å². The average Bonchev–Trinajstić information content (AvgIpc) is 2.98. The van der Waals surface area contributed by atoms with E-state index in [1.807, 2.05) is 37.3 Å². The summed E-state index contributed by atoms with van der Waals surface area (Å²) in [6, 6.07) is 27.0. The van der Waals surface area contributed by atoms with Crippen LogP contribution in [-0.2, 0) is 16.7 Å². The highest BCUT2D eigenvalue weighted by Crippen LogP contribution is 2.31. The third-order valence-corrected chi connectivity index (χ3v) is 6.79. The van der Waals surface area contributed by atoms with E-state index in [1.165, 1.54) is 37.6 Å². The van der Waals surface area contributed by atoms with E-state index >= 15 is 0 Å². The number of benzene rings is 4. The second-order valence-electron chi connectivity index (χ2n) is 8.33. The van der Waals surface area contributed by atoms with Gasteiger partial charge in [-0.2, -0.15) is 13.5 Å². The van der Waals surface area contributed by atoms with Crippen LogP contribution in [0.3, 0.4) is 0 Å². The number of methoxy groups -OCH3 is 1. The number of hydrogen-bond donors (Lipinski definition) is 1. The number of hydrazone groups is 1. The molecule has 0 unspecified atom stereocenters. The fourth-order valence-electron chi connectivity index (χ4n) is 3.59. The van der Waals surface area contributed by atoms with Crippen LogP contribution in [0.1, 0.15) is 28.4 Å². The summed E-state index contributed by atoms with van der Waals surface area (Å²) in [4.78, 5) is 12.7. The Kier molecular flexibility index (Phi) is 9.37. The molecule has 206 valence electrons. The number of carbonyl (C=O) groups is 1. The van der Waals surface area contributed by atoms with Crippen LogP contribution in [0.15, 0.2) is 107 Å². The topological polar surface area (TPSA) is 113 Å². The molecular weight excluding hydrogens is 532 g/mol. The first-order valence-electron chi connectivity index (χ1n) is 12.3. The molecule has 0 aliphatic rings. The van der Waals surface area contributed by atoms with Gasteiger partial charge in [-0.3, -0.25) is 4.79 Å². The number of nitrogens with one attached hydrogen (secondary N) is 1. The molecule has 0 saturated carbocycles. The molecule has 4 aromatic carbocycles. The predicted molar refractivity (Wildman–Crippen MR) is 151 cm³/mol. The molecule has 40 heavy (non-hydrogen) atoms. The molecule has 0 heterocycles. The summed E-state index contributed by atoms with van der Waals surface area (Å²) in [6.45, 7) is 2.61. The SMILES string of the molecule is CCOc1cc(C(=O)N/N=C/c2ccc(OS(=O)(=O)c3ccccc3)c(OC)c2)ccc1OCc1ccccc1. The van der Waals surface area contributed by atoms with Crippen molar-refractivity contribution < 1.29 is 31.6 Å². The van der Waals surface area contributed by atoms with Gasteiger partial charge in [-0.05, 0) is 66.6 Å². The highest BCUT2D eigenvalue weighted by molar-refractivity contribution is 7.87. The van der Waals surface area contributed by atoms with Crippen LogP contribution in [0, 0.1) is 0 Å². The molecule has 0 aromatic heterocycles. The van der Waals surface area contributed by atoms with E-state index in [2.05, 4.69) is 10.5 Å². The Bertz CT molecular complexity index is 1570. The normalized spacial score (nSPS) is 11.2. The van der Waals surface area contributed by atoms with E-state index in [4.69, 9.17) is 18.4 Å². The van der Waals surface area contributed by atoms with Crippen molar-refractivity contribution in [3.63, 3.8) is 0 Å². The van der Waals surface area contributed by atoms with Gasteiger partial charge in [0.25, 0.3) is 5.91 Å². The maximum absolute atomic E-state index is 12.7. The molecule has 4 aromatic rings. The summed E-state index contributed by atoms with van der Waals surface area (Å²) in [5.74, 6) is 0.718. The summed E-state index contributed by atoms with van der Waals surface area (Å²) in [6.07, 6.45) is 1.40. The van der Waals surface area contributed by atoms with Crippen molar-refractivity contribution >= 4 is 22.2 Å². The summed E-state index contributed by atoms with van der Waals surface area (Å²) >= 11 is 0. The van der Waals surface area contributed by atoms with Crippen LogP contribution in [0.4, 0.5) is 0 Å². The number of nitrogens with zero attached hydrogens (tertiary/aromatic N) is 1. The molecule has 1 N–H and O–H groups in total. The molecule has 0 aliphatic heterocycles. The minimum absolute atomic E-state index is 0.0190. The predicted octanol–water partition coefficient (Wildman–Crippen LogP) is 5.20. The highest BCUT2D eigenvalue weighted by atomic mass is 32.2. The number of amides is 1. The lowest BCUT2D eigenvalue weighted by atomic mass is 10.2. The first-order valence-corrected chi connectivity index (χ1v) is 13.7. The van der Waals surface area contributed by atoms with Crippen molar-refractivity contribution in [3.05, 3.63) is 114 Å². The Morgan fingerprint density at radius 3 is 2.23 bits per heavy atom. The van der Waals surface area contributed by atoms with Gasteiger partial charge in [0.05, 0.1) is 19.9 Å². The Morgan fingerprint density at radius 1 is 0.825 bits per heavy atom. The summed E-state index contributed by atoms with van der Waals surface area (Å²) in [7, 11) is -2.64. The van der Waals surface area contributed by atoms with Crippen molar-refractivity contribution in [3.8, 4) is 23.0 Å². The zero-order valence-electron chi connectivity index (χ0n) is 21.9. The number of carbonyl (C=O) groups excluding carboxylic acids is 1. The highest BCUT2D eigenvalue weighted by Gasteiger charge is 2.19. The van der Waals surface area contributed by atoms with Crippen molar-refractivity contribution in [1.29, 1.82) is 0 Å². The molecule has 0 bridgehead atoms. The maximum Gasteiger partial charge on any atom is 0.339 e. The molecule has 0 radical (unpaired) electrons. The molecule has 4 rings (SSSR count). The summed E-state index contributed by atoms with van der Waals surface area (Å²) in [5, 5.41) is 4.01. The van der Waals surface area contributed by atoms with Gasteiger partial charge < -0.3 is 18.4 Å². The third kappa shape index (κ3) is 7.39. The minimum Gasteiger partial charge on any atom is -0.493 e. The van der Waals surface area contributed by atoms with Crippen molar-refractivity contribution in [2.24, 2.45) is 5.10 Å². The van der Waals surface area contributed by atoms with Crippen LogP contribution in [-0.4, -0.2) is 34.3 Å². The quantitative estimate of drug-likeness (QED) is 0.144. The van der Waals surface area contributed by atoms with E-state index in [-0.39, 0.29) is 16.4 Å². The van der Waals surface area contributed by atoms with Crippen molar-refractivity contribution in [1.82, 2.24) is 5.43 Å². The zero-order chi connectivity index (χ0) is 28.4. The molecular formula is C30H28N2O7S. The van der Waals surface area contributed by atoms with E-state index in [0.717, 1.165) is 5.56 Å². The molecule has 1 amide bonds. The standard InChI is InChI=1S/C30H28N2O7S/c1-3-37-29-19-24(15-17-26(29)38-21-22-10-6-4-7-11-22)30(33)32-31-20-23-14-16-27(28(18-23)36-2)39-40(34,35)25-12-8-5-9-13-25/h4-20H,3,21H2,1-2H3,(H,32,33)/b31-20+. The Labute approximate surface area is 233 Å². The van der Waals surface area contributed by atoms with Crippen LogP contribution < -0.4 is 23.8 Å². The van der Waals surface area contributed by atoms with Gasteiger partial charge >= 0.3 is 10.1 Å². The molecule has 9 nitrogen and oxygen atoms in total. The van der Waals surface area contributed by atoms with Crippen molar-refractivity contribution in [2.45, 2.75) is 18.4 Å². The Balaban J connectivity index is 1.41. The molecule has 0 atom stereocenters. The van der Waals surface area contributed by atoms with Gasteiger partial charge in [0.2, 0.25) is 0 Å². The molecule has 10 heteroatoms. The molecule has 0 fully saturated rings. The lowest BCUT2D eigenvalue weighted by Gasteiger charge is -2.13. The maximum atomic E-state index is 12.7. The molecule has 0 aliphatic carbocycles. The second kappa shape index (κ2) is 13.3. The minimum atomic E-state index is -4.04. The first-order chi connectivity index (χ1) is 19.4. The fourth-order valence-corrected chi connectivity index (χ4v) is 4.55. The smallest absolute Gasteiger partial charge is 0.339 e. The lowest BCUT2D eigenvalue weighted by molar-refractivity contribution is 0.0954. The van der Waals surface area contributed by atoms with E-state index in [1.54, 1.807) is 42.5 Å². The third-order valence-electron chi connectivity index (χ3n) is 5.54. The van der Waals surface area contributed by atoms with Crippen LogP contribution in [0.2, 0.25) is 0 Å². The van der Waals surface area contributed by atoms with Crippen LogP contribution >= 0.6 is 0 Å². The lowest BCUT2D eigenvalue weighted by Crippen LogP contribution is -2.17. The summed E-state index contributed by atoms with van der Waals surface area (Å²) < 4.78 is 47.2. The number of hydrogen-bond acceptors (Lipinski definition) is 8. The monoisotopic (exact) mass is 560 g/mol. The second-order valence-corrected chi connectivity index (χ2v) is 9.88. The Hall–Kier alpha value is -4.83. The number of ether oxygens (including phenoxy) is 3. The van der Waals surface area contributed by atoms with Gasteiger partial charge in [-0.25, -0.2) is 5.43 Å². The zero-order valence-corrected chi connectivity index (χ0v) is 22.8. The molecule has 0 spiro atoms. The van der Waals surface area contributed by atoms with Gasteiger partial charge in [-0.1, -0.05) is 48.5 Å². The summed E-state index contributed by atoms with van der Waals surface area (Å²) in [5.41, 5.74) is 4.36. The van der Waals surface area contributed by atoms with Gasteiger partial charge in [0.1, 0.15) is 11.5 Å². The van der Waals surface area contributed by atoms with E-state index in [0.29, 0.717) is 35.8 Å². The largest absolute Gasteiger partial charge is 0.493 e. The van der Waals surface area contributed by atoms with Gasteiger partial charge in [0, 0.05) is 5.56 Å². The molecule has 0 saturated heterocycles. The first kappa shape index (κ1) is 28.2. The van der Waals surface area contributed by atoms with Crippen LogP contribution in [0.5, 0.6) is 23.0 Å². The van der Waals surface area contributed by atoms with Gasteiger partial charge in [0.15, 0.2) is 23.0 Å². The van der Waals surface area contributed by atoms with E-state index in [9.17, 15) is 13.2 Å². The fraction of sp³-hybridized carbons (Fsp3) is 0.133. The average molecular weight is 561 g/mol. The van der Waals surface area contributed by atoms with E-state index < -0.39 is 16.0 Å².